The Morgan fingerprint density at radius 2 is 1.81 bits per heavy atom. The molecule has 1 amide bonds. The summed E-state index contributed by atoms with van der Waals surface area (Å²) in [6, 6.07) is 6.01. The lowest BCUT2D eigenvalue weighted by Gasteiger charge is -2.33. The first-order chi connectivity index (χ1) is 9.83. The number of amides is 1. The molecular weight excluding hydrogens is 285 g/mol. The third kappa shape index (κ3) is 4.84. The Bertz CT molecular complexity index is 480. The van der Waals surface area contributed by atoms with E-state index in [1.807, 2.05) is 0 Å². The van der Waals surface area contributed by atoms with Crippen molar-refractivity contribution in [2.75, 3.05) is 18.0 Å². The first-order valence-electron chi connectivity index (χ1n) is 6.71. The van der Waals surface area contributed by atoms with Crippen LogP contribution in [0.2, 0.25) is 0 Å². The second-order valence-corrected chi connectivity index (χ2v) is 5.00. The molecule has 1 aromatic carbocycles. The van der Waals surface area contributed by atoms with E-state index in [1.165, 1.54) is 19.1 Å². The number of carbonyl (C=O) groups is 1. The summed E-state index contributed by atoms with van der Waals surface area (Å²) in [7, 11) is 0. The van der Waals surface area contributed by atoms with Gasteiger partial charge in [0.2, 0.25) is 5.91 Å². The fourth-order valence-electron chi connectivity index (χ4n) is 2.43. The SMILES string of the molecule is CC(=O)NC1CCN(c2ccc(OC(F)(F)F)cc2)CC1. The van der Waals surface area contributed by atoms with E-state index >= 15 is 0 Å². The summed E-state index contributed by atoms with van der Waals surface area (Å²) in [4.78, 5) is 13.1. The summed E-state index contributed by atoms with van der Waals surface area (Å²) >= 11 is 0. The van der Waals surface area contributed by atoms with Crippen LogP contribution in [0.3, 0.4) is 0 Å². The predicted octanol–water partition coefficient (Wildman–Crippen LogP) is 2.69. The summed E-state index contributed by atoms with van der Waals surface area (Å²) in [5.41, 5.74) is 0.853. The molecule has 1 aliphatic heterocycles. The van der Waals surface area contributed by atoms with E-state index in [1.54, 1.807) is 12.1 Å². The maximum atomic E-state index is 12.1. The van der Waals surface area contributed by atoms with Crippen molar-refractivity contribution >= 4 is 11.6 Å². The van der Waals surface area contributed by atoms with Crippen molar-refractivity contribution in [2.24, 2.45) is 0 Å². The normalized spacial score (nSPS) is 16.7. The van der Waals surface area contributed by atoms with E-state index in [0.717, 1.165) is 31.6 Å². The van der Waals surface area contributed by atoms with E-state index in [9.17, 15) is 18.0 Å². The molecular formula is C14H17F3N2O2. The smallest absolute Gasteiger partial charge is 0.406 e. The van der Waals surface area contributed by atoms with Gasteiger partial charge in [-0.1, -0.05) is 0 Å². The molecule has 116 valence electrons. The number of halogens is 3. The zero-order chi connectivity index (χ0) is 15.5. The number of nitrogens with one attached hydrogen (secondary N) is 1. The second-order valence-electron chi connectivity index (χ2n) is 5.00. The van der Waals surface area contributed by atoms with Gasteiger partial charge in [-0.2, -0.15) is 0 Å². The molecule has 0 unspecified atom stereocenters. The highest BCUT2D eigenvalue weighted by Gasteiger charge is 2.31. The fraction of sp³-hybridized carbons (Fsp3) is 0.500. The number of carbonyl (C=O) groups excluding carboxylic acids is 1. The molecule has 1 saturated heterocycles. The highest BCUT2D eigenvalue weighted by atomic mass is 19.4. The predicted molar refractivity (Wildman–Crippen MR) is 72.2 cm³/mol. The Kier molecular flexibility index (Phi) is 4.59. The van der Waals surface area contributed by atoms with Crippen molar-refractivity contribution < 1.29 is 22.7 Å². The first kappa shape index (κ1) is 15.5. The number of ether oxygens (including phenoxy) is 1. The standard InChI is InChI=1S/C14H17F3N2O2/c1-10(20)18-11-6-8-19(9-7-11)12-2-4-13(5-3-12)21-14(15,16)17/h2-5,11H,6-9H2,1H3,(H,18,20). The van der Waals surface area contributed by atoms with Crippen LogP contribution in [0.25, 0.3) is 0 Å². The van der Waals surface area contributed by atoms with Crippen molar-refractivity contribution in [1.82, 2.24) is 5.32 Å². The van der Waals surface area contributed by atoms with Crippen LogP contribution in [0.5, 0.6) is 5.75 Å². The van der Waals surface area contributed by atoms with Gasteiger partial charge in [0.05, 0.1) is 0 Å². The number of nitrogens with zero attached hydrogens (tertiary/aromatic N) is 1. The number of piperidine rings is 1. The summed E-state index contributed by atoms with van der Waals surface area (Å²) in [6.07, 6.45) is -3.03. The van der Waals surface area contributed by atoms with Gasteiger partial charge in [-0.3, -0.25) is 4.79 Å². The van der Waals surface area contributed by atoms with Gasteiger partial charge in [-0.15, -0.1) is 13.2 Å². The Balaban J connectivity index is 1.90. The first-order valence-corrected chi connectivity index (χ1v) is 6.71. The molecule has 0 aromatic heterocycles. The second kappa shape index (κ2) is 6.24. The molecule has 4 nitrogen and oxygen atoms in total. The lowest BCUT2D eigenvalue weighted by molar-refractivity contribution is -0.274. The van der Waals surface area contributed by atoms with Gasteiger partial charge in [0, 0.05) is 31.7 Å². The summed E-state index contributed by atoms with van der Waals surface area (Å²) in [6.45, 7) is 3.00. The van der Waals surface area contributed by atoms with Crippen LogP contribution in [0.1, 0.15) is 19.8 Å². The maximum absolute atomic E-state index is 12.1. The summed E-state index contributed by atoms with van der Waals surface area (Å²) < 4.78 is 40.1. The summed E-state index contributed by atoms with van der Waals surface area (Å²) in [5, 5.41) is 2.88. The number of anilines is 1. The molecule has 21 heavy (non-hydrogen) atoms. The van der Waals surface area contributed by atoms with Crippen LogP contribution in [-0.2, 0) is 4.79 Å². The molecule has 0 spiro atoms. The van der Waals surface area contributed by atoms with E-state index in [2.05, 4.69) is 15.0 Å². The molecule has 1 aliphatic rings. The molecule has 0 atom stereocenters. The third-order valence-electron chi connectivity index (χ3n) is 3.34. The van der Waals surface area contributed by atoms with Gasteiger partial charge >= 0.3 is 6.36 Å². The third-order valence-corrected chi connectivity index (χ3v) is 3.34. The molecule has 1 heterocycles. The van der Waals surface area contributed by atoms with Gasteiger partial charge in [0.25, 0.3) is 0 Å². The number of alkyl halides is 3. The zero-order valence-corrected chi connectivity index (χ0v) is 11.6. The van der Waals surface area contributed by atoms with E-state index in [4.69, 9.17) is 0 Å². The van der Waals surface area contributed by atoms with Crippen molar-refractivity contribution in [2.45, 2.75) is 32.2 Å². The lowest BCUT2D eigenvalue weighted by atomic mass is 10.0. The minimum atomic E-state index is -4.67. The van der Waals surface area contributed by atoms with Crippen molar-refractivity contribution in [3.63, 3.8) is 0 Å². The van der Waals surface area contributed by atoms with Gasteiger partial charge in [0.1, 0.15) is 5.75 Å². The minimum absolute atomic E-state index is 0.0397. The minimum Gasteiger partial charge on any atom is -0.406 e. The van der Waals surface area contributed by atoms with Crippen LogP contribution in [0, 0.1) is 0 Å². The van der Waals surface area contributed by atoms with E-state index in [0.29, 0.717) is 0 Å². The van der Waals surface area contributed by atoms with Gasteiger partial charge in [-0.05, 0) is 37.1 Å². The average molecular weight is 302 g/mol. The Labute approximate surface area is 120 Å². The average Bonchev–Trinajstić information content (AvgIpc) is 2.38. The van der Waals surface area contributed by atoms with Crippen molar-refractivity contribution in [3.05, 3.63) is 24.3 Å². The van der Waals surface area contributed by atoms with E-state index < -0.39 is 6.36 Å². The van der Waals surface area contributed by atoms with Crippen molar-refractivity contribution in [3.8, 4) is 5.75 Å². The van der Waals surface area contributed by atoms with Crippen LogP contribution in [0.4, 0.5) is 18.9 Å². The van der Waals surface area contributed by atoms with Crippen molar-refractivity contribution in [1.29, 1.82) is 0 Å². The topological polar surface area (TPSA) is 41.6 Å². The largest absolute Gasteiger partial charge is 0.573 e. The van der Waals surface area contributed by atoms with Gasteiger partial charge in [-0.25, -0.2) is 0 Å². The Hall–Kier alpha value is -1.92. The zero-order valence-electron chi connectivity index (χ0n) is 11.6. The Morgan fingerprint density at radius 1 is 1.24 bits per heavy atom. The van der Waals surface area contributed by atoms with E-state index in [-0.39, 0.29) is 17.7 Å². The van der Waals surface area contributed by atoms with Crippen LogP contribution in [-0.4, -0.2) is 31.4 Å². The monoisotopic (exact) mass is 302 g/mol. The van der Waals surface area contributed by atoms with Crippen LogP contribution >= 0.6 is 0 Å². The molecule has 1 N–H and O–H groups in total. The number of rotatable bonds is 3. The molecule has 0 aliphatic carbocycles. The number of hydrogen-bond donors (Lipinski definition) is 1. The molecule has 0 bridgehead atoms. The number of benzene rings is 1. The fourth-order valence-corrected chi connectivity index (χ4v) is 2.43. The van der Waals surface area contributed by atoms with Crippen LogP contribution in [0.15, 0.2) is 24.3 Å². The molecule has 0 radical (unpaired) electrons. The molecule has 1 aromatic rings. The molecule has 7 heteroatoms. The quantitative estimate of drug-likeness (QED) is 0.933. The highest BCUT2D eigenvalue weighted by molar-refractivity contribution is 5.73. The lowest BCUT2D eigenvalue weighted by Crippen LogP contribution is -2.44. The molecule has 1 fully saturated rings. The van der Waals surface area contributed by atoms with Gasteiger partial charge < -0.3 is 15.0 Å². The van der Waals surface area contributed by atoms with Gasteiger partial charge in [0.15, 0.2) is 0 Å². The molecule has 0 saturated carbocycles. The summed E-state index contributed by atoms with van der Waals surface area (Å²) in [5.74, 6) is -0.263. The molecule has 2 rings (SSSR count). The van der Waals surface area contributed by atoms with Crippen LogP contribution < -0.4 is 15.0 Å². The highest BCUT2D eigenvalue weighted by Crippen LogP contribution is 2.26. The maximum Gasteiger partial charge on any atom is 0.573 e. The number of hydrogen-bond acceptors (Lipinski definition) is 3. The Morgan fingerprint density at radius 3 is 2.29 bits per heavy atom.